The van der Waals surface area contributed by atoms with Gasteiger partial charge < -0.3 is 10.1 Å². The molecule has 0 aromatic heterocycles. The molecule has 1 fully saturated rings. The summed E-state index contributed by atoms with van der Waals surface area (Å²) in [6, 6.07) is 6.77. The van der Waals surface area contributed by atoms with Crippen LogP contribution in [0.2, 0.25) is 5.02 Å². The van der Waals surface area contributed by atoms with Gasteiger partial charge in [-0.15, -0.1) is 12.4 Å². The van der Waals surface area contributed by atoms with Gasteiger partial charge in [0.1, 0.15) is 11.9 Å². The number of rotatable bonds is 7. The van der Waals surface area contributed by atoms with E-state index < -0.39 is 53.1 Å². The van der Waals surface area contributed by atoms with Crippen LogP contribution in [0.3, 0.4) is 0 Å². The zero-order valence-electron chi connectivity index (χ0n) is 18.6. The fourth-order valence-electron chi connectivity index (χ4n) is 3.51. The molecule has 0 aliphatic carbocycles. The molecule has 2 N–H and O–H groups in total. The van der Waals surface area contributed by atoms with Gasteiger partial charge in [-0.1, -0.05) is 17.7 Å². The van der Waals surface area contributed by atoms with Crippen LogP contribution in [-0.2, 0) is 26.1 Å². The van der Waals surface area contributed by atoms with Crippen molar-refractivity contribution in [2.45, 2.75) is 43.2 Å². The van der Waals surface area contributed by atoms with E-state index in [1.807, 2.05) is 0 Å². The van der Waals surface area contributed by atoms with Crippen LogP contribution >= 0.6 is 24.0 Å². The SMILES string of the molecule is CCOC(=N)c1ccc(CN([C@@H]2CC(F)(F)CCNC2=O)S(=O)(=O)c2ccc(Cl)cc2)c(F)c1.Cl. The summed E-state index contributed by atoms with van der Waals surface area (Å²) in [6.45, 7) is 0.847. The van der Waals surface area contributed by atoms with Crippen molar-refractivity contribution < 1.29 is 31.1 Å². The monoisotopic (exact) mass is 553 g/mol. The lowest BCUT2D eigenvalue weighted by Crippen LogP contribution is -2.49. The molecular weight excluding hydrogens is 530 g/mol. The van der Waals surface area contributed by atoms with Crippen molar-refractivity contribution in [3.63, 3.8) is 0 Å². The number of amides is 1. The van der Waals surface area contributed by atoms with Gasteiger partial charge in [0.05, 0.1) is 11.5 Å². The minimum Gasteiger partial charge on any atom is -0.478 e. The number of carbonyl (C=O) groups excluding carboxylic acids is 1. The Morgan fingerprint density at radius 3 is 2.51 bits per heavy atom. The second-order valence-corrected chi connectivity index (χ2v) is 10.0. The molecule has 192 valence electrons. The van der Waals surface area contributed by atoms with Crippen LogP contribution in [0.5, 0.6) is 0 Å². The lowest BCUT2D eigenvalue weighted by molar-refractivity contribution is -0.126. The quantitative estimate of drug-likeness (QED) is 0.393. The number of carbonyl (C=O) groups is 1. The number of halogens is 5. The highest BCUT2D eigenvalue weighted by Crippen LogP contribution is 2.32. The first-order valence-corrected chi connectivity index (χ1v) is 12.2. The van der Waals surface area contributed by atoms with Crippen molar-refractivity contribution in [3.05, 3.63) is 64.4 Å². The minimum atomic E-state index is -4.52. The zero-order chi connectivity index (χ0) is 25.1. The van der Waals surface area contributed by atoms with Gasteiger partial charge in [0.25, 0.3) is 5.92 Å². The third kappa shape index (κ3) is 6.87. The lowest BCUT2D eigenvalue weighted by Gasteiger charge is -2.30. The van der Waals surface area contributed by atoms with E-state index in [4.69, 9.17) is 21.7 Å². The number of sulfonamides is 1. The summed E-state index contributed by atoms with van der Waals surface area (Å²) in [7, 11) is -4.52. The van der Waals surface area contributed by atoms with Crippen LogP contribution in [0.1, 0.15) is 30.9 Å². The Kier molecular flexibility index (Phi) is 9.57. The number of nitrogens with one attached hydrogen (secondary N) is 2. The van der Waals surface area contributed by atoms with E-state index in [-0.39, 0.29) is 52.5 Å². The van der Waals surface area contributed by atoms with E-state index in [2.05, 4.69) is 5.32 Å². The Hall–Kier alpha value is -2.34. The minimum absolute atomic E-state index is 0. The lowest BCUT2D eigenvalue weighted by atomic mass is 10.1. The molecule has 1 aliphatic rings. The number of hydrogen-bond acceptors (Lipinski definition) is 5. The normalized spacial score (nSPS) is 17.8. The standard InChI is InChI=1S/C22H23ClF3N3O4S.ClH/c1-2-33-20(27)14-3-4-15(18(24)11-14)13-29(19-12-22(25,26)9-10-28-21(19)30)34(31,32)17-7-5-16(23)6-8-17;/h3-8,11,19,27H,2,9-10,12-13H2,1H3,(H,28,30);1H/t19-;/m1./s1. The molecule has 2 aromatic rings. The molecule has 35 heavy (non-hydrogen) atoms. The molecule has 0 radical (unpaired) electrons. The molecule has 13 heteroatoms. The summed E-state index contributed by atoms with van der Waals surface area (Å²) < 4.78 is 76.2. The Morgan fingerprint density at radius 2 is 1.91 bits per heavy atom. The Morgan fingerprint density at radius 1 is 1.26 bits per heavy atom. The Bertz CT molecular complexity index is 1180. The van der Waals surface area contributed by atoms with E-state index in [9.17, 15) is 26.4 Å². The fourth-order valence-corrected chi connectivity index (χ4v) is 5.20. The largest absolute Gasteiger partial charge is 0.478 e. The highest BCUT2D eigenvalue weighted by molar-refractivity contribution is 7.89. The first-order chi connectivity index (χ1) is 15.9. The molecule has 0 unspecified atom stereocenters. The van der Waals surface area contributed by atoms with Gasteiger partial charge in [0, 0.05) is 42.1 Å². The van der Waals surface area contributed by atoms with Crippen LogP contribution in [0.4, 0.5) is 13.2 Å². The molecular formula is C22H24Cl2F3N3O4S. The van der Waals surface area contributed by atoms with Crippen molar-refractivity contribution in [2.75, 3.05) is 13.2 Å². The number of nitrogens with zero attached hydrogens (tertiary/aromatic N) is 1. The topological polar surface area (TPSA) is 99.6 Å². The second-order valence-electron chi connectivity index (χ2n) is 7.69. The summed E-state index contributed by atoms with van der Waals surface area (Å²) in [5, 5.41) is 10.3. The molecule has 1 saturated heterocycles. The van der Waals surface area contributed by atoms with E-state index in [1.165, 1.54) is 36.4 Å². The van der Waals surface area contributed by atoms with E-state index in [0.29, 0.717) is 4.31 Å². The Balaban J connectivity index is 0.00000432. The second kappa shape index (κ2) is 11.6. The predicted molar refractivity (Wildman–Crippen MR) is 127 cm³/mol. The molecule has 3 rings (SSSR count). The third-order valence-electron chi connectivity index (χ3n) is 5.28. The van der Waals surface area contributed by atoms with Crippen molar-refractivity contribution in [1.82, 2.24) is 9.62 Å². The van der Waals surface area contributed by atoms with Crippen molar-refractivity contribution in [3.8, 4) is 0 Å². The van der Waals surface area contributed by atoms with Gasteiger partial charge in [0.2, 0.25) is 21.8 Å². The first-order valence-electron chi connectivity index (χ1n) is 10.4. The van der Waals surface area contributed by atoms with Crippen molar-refractivity contribution >= 4 is 45.8 Å². The molecule has 0 bridgehead atoms. The number of ether oxygens (including phenoxy) is 1. The van der Waals surface area contributed by atoms with Gasteiger partial charge in [0.15, 0.2) is 0 Å². The van der Waals surface area contributed by atoms with Crippen LogP contribution < -0.4 is 5.32 Å². The molecule has 0 saturated carbocycles. The van der Waals surface area contributed by atoms with E-state index in [1.54, 1.807) is 6.92 Å². The molecule has 1 atom stereocenters. The predicted octanol–water partition coefficient (Wildman–Crippen LogP) is 4.37. The molecule has 7 nitrogen and oxygen atoms in total. The van der Waals surface area contributed by atoms with E-state index >= 15 is 0 Å². The maximum Gasteiger partial charge on any atom is 0.251 e. The maximum atomic E-state index is 14.9. The summed E-state index contributed by atoms with van der Waals surface area (Å²) in [5.41, 5.74) is -0.0418. The van der Waals surface area contributed by atoms with E-state index in [0.717, 1.165) is 6.07 Å². The summed E-state index contributed by atoms with van der Waals surface area (Å²) in [4.78, 5) is 12.4. The van der Waals surface area contributed by atoms with Gasteiger partial charge in [-0.3, -0.25) is 10.2 Å². The van der Waals surface area contributed by atoms with Gasteiger partial charge >= 0.3 is 0 Å². The average molecular weight is 554 g/mol. The highest BCUT2D eigenvalue weighted by Gasteiger charge is 2.45. The molecule has 1 aliphatic heterocycles. The number of benzene rings is 2. The molecule has 2 aromatic carbocycles. The maximum absolute atomic E-state index is 14.9. The Labute approximate surface area is 212 Å². The molecule has 1 amide bonds. The zero-order valence-corrected chi connectivity index (χ0v) is 21.0. The number of hydrogen-bond donors (Lipinski definition) is 2. The van der Waals surface area contributed by atoms with Gasteiger partial charge in [-0.25, -0.2) is 21.6 Å². The van der Waals surface area contributed by atoms with Crippen LogP contribution in [0.15, 0.2) is 47.4 Å². The van der Waals surface area contributed by atoms with Gasteiger partial charge in [-0.2, -0.15) is 4.31 Å². The smallest absolute Gasteiger partial charge is 0.251 e. The average Bonchev–Trinajstić information content (AvgIpc) is 2.90. The summed E-state index contributed by atoms with van der Waals surface area (Å²) in [5.74, 6) is -5.36. The molecule has 0 spiro atoms. The van der Waals surface area contributed by atoms with Crippen molar-refractivity contribution in [2.24, 2.45) is 0 Å². The summed E-state index contributed by atoms with van der Waals surface area (Å²) in [6.07, 6.45) is -1.70. The highest BCUT2D eigenvalue weighted by atomic mass is 35.5. The van der Waals surface area contributed by atoms with Crippen LogP contribution in [-0.4, -0.2) is 49.6 Å². The first kappa shape index (κ1) is 28.9. The van der Waals surface area contributed by atoms with Gasteiger partial charge in [-0.05, 0) is 43.3 Å². The number of alkyl halides is 2. The molecule has 1 heterocycles. The van der Waals surface area contributed by atoms with Crippen LogP contribution in [0.25, 0.3) is 0 Å². The van der Waals surface area contributed by atoms with Crippen LogP contribution in [0, 0.1) is 11.2 Å². The van der Waals surface area contributed by atoms with Crippen molar-refractivity contribution in [1.29, 1.82) is 5.41 Å². The fraction of sp³-hybridized carbons (Fsp3) is 0.364. The summed E-state index contributed by atoms with van der Waals surface area (Å²) >= 11 is 5.84. The third-order valence-corrected chi connectivity index (χ3v) is 7.40.